The maximum Gasteiger partial charge on any atom is 0.161 e. The molecule has 3 nitrogen and oxygen atoms in total. The first-order valence-corrected chi connectivity index (χ1v) is 8.94. The zero-order chi connectivity index (χ0) is 17.7. The van der Waals surface area contributed by atoms with Crippen LogP contribution in [-0.4, -0.2) is 11.9 Å². The van der Waals surface area contributed by atoms with Gasteiger partial charge in [0.25, 0.3) is 0 Å². The summed E-state index contributed by atoms with van der Waals surface area (Å²) in [5.41, 5.74) is 5.32. The second-order valence-electron chi connectivity index (χ2n) is 6.99. The molecule has 0 N–H and O–H groups in total. The fraction of sp³-hybridized carbons (Fsp3) is 0.174. The molecule has 2 aliphatic rings. The molecule has 0 aromatic heterocycles. The zero-order valence-electron chi connectivity index (χ0n) is 14.6. The molecular formula is C23H19NO2. The monoisotopic (exact) mass is 341 g/mol. The number of rotatable bonds is 2. The van der Waals surface area contributed by atoms with E-state index in [0.717, 1.165) is 5.69 Å². The molecule has 1 aliphatic carbocycles. The van der Waals surface area contributed by atoms with Gasteiger partial charge in [0.15, 0.2) is 5.78 Å². The van der Waals surface area contributed by atoms with E-state index in [-0.39, 0.29) is 5.78 Å². The SMILES string of the molecule is CC(=O)C1CC2(c3ccccc3-c3ccccc32)N(c2ccccc2)O1. The Morgan fingerprint density at radius 3 is 2.00 bits per heavy atom. The molecule has 0 amide bonds. The van der Waals surface area contributed by atoms with E-state index < -0.39 is 11.6 Å². The van der Waals surface area contributed by atoms with Crippen LogP contribution in [0.4, 0.5) is 5.69 Å². The van der Waals surface area contributed by atoms with Gasteiger partial charge < -0.3 is 0 Å². The molecule has 3 aromatic carbocycles. The average molecular weight is 341 g/mol. The van der Waals surface area contributed by atoms with Crippen LogP contribution in [0.15, 0.2) is 78.9 Å². The molecule has 128 valence electrons. The summed E-state index contributed by atoms with van der Waals surface area (Å²) in [5, 5.41) is 1.96. The number of nitrogens with zero attached hydrogens (tertiary/aromatic N) is 1. The third-order valence-corrected chi connectivity index (χ3v) is 5.54. The predicted molar refractivity (Wildman–Crippen MR) is 102 cm³/mol. The minimum absolute atomic E-state index is 0.0599. The van der Waals surface area contributed by atoms with E-state index in [9.17, 15) is 4.79 Å². The summed E-state index contributed by atoms with van der Waals surface area (Å²) in [5.74, 6) is 0.0599. The second kappa shape index (κ2) is 5.55. The van der Waals surface area contributed by atoms with E-state index in [1.807, 2.05) is 35.4 Å². The first-order chi connectivity index (χ1) is 12.7. The summed E-state index contributed by atoms with van der Waals surface area (Å²) >= 11 is 0. The summed E-state index contributed by atoms with van der Waals surface area (Å²) in [7, 11) is 0. The molecule has 0 bridgehead atoms. The van der Waals surface area contributed by atoms with Crippen molar-refractivity contribution in [1.29, 1.82) is 0 Å². The number of benzene rings is 3. The zero-order valence-corrected chi connectivity index (χ0v) is 14.6. The molecule has 1 aliphatic heterocycles. The maximum atomic E-state index is 12.2. The summed E-state index contributed by atoms with van der Waals surface area (Å²) in [6.45, 7) is 1.61. The van der Waals surface area contributed by atoms with Crippen molar-refractivity contribution in [2.45, 2.75) is 25.0 Å². The number of hydrogen-bond acceptors (Lipinski definition) is 3. The summed E-state index contributed by atoms with van der Waals surface area (Å²) in [4.78, 5) is 18.5. The van der Waals surface area contributed by atoms with E-state index in [1.165, 1.54) is 22.3 Å². The Hall–Kier alpha value is -2.91. The first-order valence-electron chi connectivity index (χ1n) is 8.94. The van der Waals surface area contributed by atoms with Crippen LogP contribution in [0.25, 0.3) is 11.1 Å². The molecule has 5 rings (SSSR count). The van der Waals surface area contributed by atoms with Crippen molar-refractivity contribution < 1.29 is 9.63 Å². The number of carbonyl (C=O) groups excluding carboxylic acids is 1. The Kier molecular flexibility index (Phi) is 3.28. The highest BCUT2D eigenvalue weighted by molar-refractivity contribution is 5.86. The fourth-order valence-corrected chi connectivity index (χ4v) is 4.41. The van der Waals surface area contributed by atoms with E-state index in [1.54, 1.807) is 6.92 Å². The van der Waals surface area contributed by atoms with E-state index in [4.69, 9.17) is 4.84 Å². The van der Waals surface area contributed by atoms with Crippen LogP contribution in [0, 0.1) is 0 Å². The molecule has 3 aromatic rings. The molecule has 1 atom stereocenters. The molecule has 0 radical (unpaired) electrons. The Morgan fingerprint density at radius 2 is 1.42 bits per heavy atom. The largest absolute Gasteiger partial charge is 0.297 e. The Bertz CT molecular complexity index is 950. The van der Waals surface area contributed by atoms with Gasteiger partial charge in [0.2, 0.25) is 0 Å². The van der Waals surface area contributed by atoms with Gasteiger partial charge in [0.05, 0.1) is 5.69 Å². The van der Waals surface area contributed by atoms with Crippen molar-refractivity contribution in [3.8, 4) is 11.1 Å². The first kappa shape index (κ1) is 15.4. The number of hydrogen-bond donors (Lipinski definition) is 0. The molecule has 1 heterocycles. The van der Waals surface area contributed by atoms with Crippen molar-refractivity contribution in [1.82, 2.24) is 0 Å². The van der Waals surface area contributed by atoms with Gasteiger partial charge in [-0.2, -0.15) is 0 Å². The Morgan fingerprint density at radius 1 is 0.885 bits per heavy atom. The van der Waals surface area contributed by atoms with Crippen LogP contribution in [0.2, 0.25) is 0 Å². The number of fused-ring (bicyclic) bond motifs is 5. The average Bonchev–Trinajstić information content (AvgIpc) is 3.22. The molecule has 1 unspecified atom stereocenters. The lowest BCUT2D eigenvalue weighted by Crippen LogP contribution is -2.40. The van der Waals surface area contributed by atoms with Crippen molar-refractivity contribution in [3.05, 3.63) is 90.0 Å². The quantitative estimate of drug-likeness (QED) is 0.676. The third-order valence-electron chi connectivity index (χ3n) is 5.54. The molecular weight excluding hydrogens is 322 g/mol. The molecule has 1 spiro atoms. The van der Waals surface area contributed by atoms with Crippen LogP contribution in [0.5, 0.6) is 0 Å². The molecule has 3 heteroatoms. The number of hydroxylamine groups is 1. The van der Waals surface area contributed by atoms with Crippen LogP contribution in [0.3, 0.4) is 0 Å². The Balaban J connectivity index is 1.81. The van der Waals surface area contributed by atoms with E-state index >= 15 is 0 Å². The van der Waals surface area contributed by atoms with Gasteiger partial charge in [0, 0.05) is 6.42 Å². The molecule has 26 heavy (non-hydrogen) atoms. The predicted octanol–water partition coefficient (Wildman–Crippen LogP) is 4.71. The van der Waals surface area contributed by atoms with Crippen LogP contribution in [-0.2, 0) is 15.2 Å². The number of ketones is 1. The van der Waals surface area contributed by atoms with Gasteiger partial charge in [-0.1, -0.05) is 66.7 Å². The number of carbonyl (C=O) groups is 1. The van der Waals surface area contributed by atoms with Crippen molar-refractivity contribution in [2.24, 2.45) is 0 Å². The Labute approximate surface area is 152 Å². The van der Waals surface area contributed by atoms with Gasteiger partial charge in [-0.05, 0) is 41.3 Å². The number of anilines is 1. The topological polar surface area (TPSA) is 29.5 Å². The lowest BCUT2D eigenvalue weighted by atomic mass is 9.82. The van der Waals surface area contributed by atoms with Crippen LogP contribution < -0.4 is 5.06 Å². The second-order valence-corrected chi connectivity index (χ2v) is 6.99. The summed E-state index contributed by atoms with van der Waals surface area (Å²) in [6, 6.07) is 27.0. The van der Waals surface area contributed by atoms with E-state index in [2.05, 4.69) is 48.5 Å². The maximum absolute atomic E-state index is 12.2. The molecule has 1 fully saturated rings. The van der Waals surface area contributed by atoms with Gasteiger partial charge in [0.1, 0.15) is 11.6 Å². The normalized spacial score (nSPS) is 19.4. The van der Waals surface area contributed by atoms with Crippen molar-refractivity contribution in [2.75, 3.05) is 5.06 Å². The summed E-state index contributed by atoms with van der Waals surface area (Å²) in [6.07, 6.45) is 0.167. The lowest BCUT2D eigenvalue weighted by molar-refractivity contribution is -0.126. The molecule has 1 saturated heterocycles. The molecule has 0 saturated carbocycles. The summed E-state index contributed by atoms with van der Waals surface area (Å²) < 4.78 is 0. The van der Waals surface area contributed by atoms with Gasteiger partial charge in [-0.25, -0.2) is 5.06 Å². The minimum atomic E-state index is -0.481. The van der Waals surface area contributed by atoms with Gasteiger partial charge >= 0.3 is 0 Å². The smallest absolute Gasteiger partial charge is 0.161 e. The third kappa shape index (κ3) is 1.95. The highest BCUT2D eigenvalue weighted by atomic mass is 16.7. The fourth-order valence-electron chi connectivity index (χ4n) is 4.41. The number of para-hydroxylation sites is 1. The highest BCUT2D eigenvalue weighted by Gasteiger charge is 2.55. The highest BCUT2D eigenvalue weighted by Crippen LogP contribution is 2.57. The van der Waals surface area contributed by atoms with Gasteiger partial charge in [-0.3, -0.25) is 9.63 Å². The van der Waals surface area contributed by atoms with Crippen molar-refractivity contribution >= 4 is 11.5 Å². The minimum Gasteiger partial charge on any atom is -0.297 e. The van der Waals surface area contributed by atoms with Crippen LogP contribution in [0.1, 0.15) is 24.5 Å². The van der Waals surface area contributed by atoms with E-state index in [0.29, 0.717) is 6.42 Å². The van der Waals surface area contributed by atoms with Crippen LogP contribution >= 0.6 is 0 Å². The van der Waals surface area contributed by atoms with Gasteiger partial charge in [-0.15, -0.1) is 0 Å². The lowest BCUT2D eigenvalue weighted by Gasteiger charge is -2.36. The number of Topliss-reactive ketones (excluding diaryl/α,β-unsaturated/α-hetero) is 1. The van der Waals surface area contributed by atoms with Crippen molar-refractivity contribution in [3.63, 3.8) is 0 Å². The standard InChI is InChI=1S/C23H19NO2/c1-16(25)22-15-23(24(26-22)17-9-3-2-4-10-17)20-13-7-5-11-18(20)19-12-6-8-14-21(19)23/h2-14,22H,15H2,1H3.